The van der Waals surface area contributed by atoms with Gasteiger partial charge in [-0.2, -0.15) is 8.42 Å². The molecule has 0 radical (unpaired) electrons. The first kappa shape index (κ1) is 9.65. The van der Waals surface area contributed by atoms with Gasteiger partial charge < -0.3 is 0 Å². The minimum Gasteiger partial charge on any atom is -0.286 e. The Labute approximate surface area is 61.5 Å². The molecule has 3 nitrogen and oxygen atoms in total. The summed E-state index contributed by atoms with van der Waals surface area (Å²) in [5, 5.41) is 0. The Morgan fingerprint density at radius 3 is 2.40 bits per heavy atom. The van der Waals surface area contributed by atoms with Gasteiger partial charge in [-0.3, -0.25) is 4.55 Å². The highest BCUT2D eigenvalue weighted by Crippen LogP contribution is 2.01. The maximum atomic E-state index is 10.1. The highest BCUT2D eigenvalue weighted by atomic mass is 32.2. The lowest BCUT2D eigenvalue weighted by atomic mass is 10.2. The Hall–Kier alpha value is -0.350. The van der Waals surface area contributed by atoms with E-state index < -0.39 is 10.1 Å². The van der Waals surface area contributed by atoms with Gasteiger partial charge in [0.1, 0.15) is 0 Å². The molecule has 0 aromatic carbocycles. The number of hydrogen-bond acceptors (Lipinski definition) is 2. The molecule has 0 saturated carbocycles. The third-order valence-corrected chi connectivity index (χ3v) is 1.81. The van der Waals surface area contributed by atoms with E-state index in [0.717, 1.165) is 5.57 Å². The van der Waals surface area contributed by atoms with Crippen LogP contribution in [0.5, 0.6) is 0 Å². The smallest absolute Gasteiger partial charge is 0.264 e. The zero-order valence-corrected chi connectivity index (χ0v) is 6.82. The largest absolute Gasteiger partial charge is 0.286 e. The lowest BCUT2D eigenvalue weighted by molar-refractivity contribution is 0.481. The first-order valence-electron chi connectivity index (χ1n) is 3.01. The molecule has 0 aliphatic rings. The second kappa shape index (κ2) is 3.73. The van der Waals surface area contributed by atoms with Crippen LogP contribution in [0.15, 0.2) is 12.2 Å². The Morgan fingerprint density at radius 1 is 1.60 bits per heavy atom. The van der Waals surface area contributed by atoms with Crippen LogP contribution >= 0.6 is 0 Å². The van der Waals surface area contributed by atoms with Gasteiger partial charge in [-0.05, 0) is 19.8 Å². The number of hydrogen-bond donors (Lipinski definition) is 1. The Bertz CT molecular complexity index is 203. The monoisotopic (exact) mass is 164 g/mol. The molecule has 0 amide bonds. The molecule has 0 heterocycles. The van der Waals surface area contributed by atoms with Crippen LogP contribution in [0, 0.1) is 0 Å². The summed E-state index contributed by atoms with van der Waals surface area (Å²) in [4.78, 5) is 0. The van der Waals surface area contributed by atoms with Crippen LogP contribution in [0.3, 0.4) is 0 Å². The fraction of sp³-hybridized carbons (Fsp3) is 0.667. The van der Waals surface area contributed by atoms with E-state index in [-0.39, 0.29) is 5.75 Å². The van der Waals surface area contributed by atoms with Gasteiger partial charge in [0.05, 0.1) is 5.75 Å². The molecule has 0 saturated heterocycles. The molecule has 0 bridgehead atoms. The van der Waals surface area contributed by atoms with E-state index in [2.05, 4.69) is 6.58 Å². The fourth-order valence-electron chi connectivity index (χ4n) is 0.556. The van der Waals surface area contributed by atoms with Crippen molar-refractivity contribution in [3.63, 3.8) is 0 Å². The second-order valence-electron chi connectivity index (χ2n) is 2.35. The lowest BCUT2D eigenvalue weighted by Crippen LogP contribution is -2.03. The zero-order chi connectivity index (χ0) is 8.20. The summed E-state index contributed by atoms with van der Waals surface area (Å²) in [5.41, 5.74) is 0.934. The molecule has 4 heteroatoms. The van der Waals surface area contributed by atoms with E-state index in [1.54, 1.807) is 0 Å². The van der Waals surface area contributed by atoms with Crippen molar-refractivity contribution in [3.8, 4) is 0 Å². The van der Waals surface area contributed by atoms with Crippen molar-refractivity contribution < 1.29 is 13.0 Å². The van der Waals surface area contributed by atoms with Crippen molar-refractivity contribution in [2.75, 3.05) is 5.75 Å². The second-order valence-corrected chi connectivity index (χ2v) is 3.92. The maximum Gasteiger partial charge on any atom is 0.264 e. The summed E-state index contributed by atoms with van der Waals surface area (Å²) < 4.78 is 28.6. The molecule has 0 aliphatic heterocycles. The summed E-state index contributed by atoms with van der Waals surface area (Å²) in [6.45, 7) is 5.42. The molecule has 0 aromatic rings. The van der Waals surface area contributed by atoms with Gasteiger partial charge in [-0.25, -0.2) is 0 Å². The van der Waals surface area contributed by atoms with E-state index in [1.807, 2.05) is 6.92 Å². The summed E-state index contributed by atoms with van der Waals surface area (Å²) in [6.07, 6.45) is 1.11. The minimum absolute atomic E-state index is 0.167. The van der Waals surface area contributed by atoms with Crippen LogP contribution in [0.4, 0.5) is 0 Å². The van der Waals surface area contributed by atoms with Crippen molar-refractivity contribution >= 4 is 10.1 Å². The van der Waals surface area contributed by atoms with Gasteiger partial charge in [0.25, 0.3) is 10.1 Å². The van der Waals surface area contributed by atoms with Gasteiger partial charge in [-0.1, -0.05) is 5.57 Å². The topological polar surface area (TPSA) is 54.4 Å². The van der Waals surface area contributed by atoms with Crippen molar-refractivity contribution in [2.24, 2.45) is 0 Å². The molecule has 0 aliphatic carbocycles. The highest BCUT2D eigenvalue weighted by molar-refractivity contribution is 7.85. The van der Waals surface area contributed by atoms with Crippen LogP contribution in [0.2, 0.25) is 0 Å². The Kier molecular flexibility index (Phi) is 3.60. The number of allylic oxidation sites excluding steroid dienone is 1. The molecule has 0 spiro atoms. The molecular weight excluding hydrogens is 152 g/mol. The Balaban J connectivity index is 3.49. The quantitative estimate of drug-likeness (QED) is 0.502. The van der Waals surface area contributed by atoms with Crippen molar-refractivity contribution in [2.45, 2.75) is 19.8 Å². The first-order chi connectivity index (χ1) is 4.42. The van der Waals surface area contributed by atoms with Gasteiger partial charge in [-0.15, -0.1) is 6.58 Å². The van der Waals surface area contributed by atoms with Crippen LogP contribution in [0.25, 0.3) is 0 Å². The average Bonchev–Trinajstić information content (AvgIpc) is 1.59. The summed E-state index contributed by atoms with van der Waals surface area (Å²) in [5.74, 6) is -0.167. The van der Waals surface area contributed by atoms with E-state index in [0.29, 0.717) is 12.8 Å². The van der Waals surface area contributed by atoms with Gasteiger partial charge in [0.2, 0.25) is 0 Å². The average molecular weight is 164 g/mol. The van der Waals surface area contributed by atoms with Crippen LogP contribution < -0.4 is 0 Å². The van der Waals surface area contributed by atoms with Crippen LogP contribution in [-0.4, -0.2) is 18.7 Å². The predicted molar refractivity (Wildman–Crippen MR) is 40.5 cm³/mol. The van der Waals surface area contributed by atoms with E-state index >= 15 is 0 Å². The van der Waals surface area contributed by atoms with Crippen molar-refractivity contribution in [1.82, 2.24) is 0 Å². The fourth-order valence-corrected chi connectivity index (χ4v) is 1.07. The van der Waals surface area contributed by atoms with Gasteiger partial charge in [0, 0.05) is 0 Å². The summed E-state index contributed by atoms with van der Waals surface area (Å²) >= 11 is 0. The molecular formula is C6H12O3S. The summed E-state index contributed by atoms with van der Waals surface area (Å²) in [6, 6.07) is 0. The maximum absolute atomic E-state index is 10.1. The van der Waals surface area contributed by atoms with Crippen LogP contribution in [0.1, 0.15) is 19.8 Å². The van der Waals surface area contributed by atoms with Crippen molar-refractivity contribution in [3.05, 3.63) is 12.2 Å². The van der Waals surface area contributed by atoms with E-state index in [9.17, 15) is 8.42 Å². The van der Waals surface area contributed by atoms with E-state index in [4.69, 9.17) is 4.55 Å². The molecule has 60 valence electrons. The molecule has 10 heavy (non-hydrogen) atoms. The molecule has 0 atom stereocenters. The molecule has 1 N–H and O–H groups in total. The summed E-state index contributed by atoms with van der Waals surface area (Å²) in [7, 11) is -3.76. The Morgan fingerprint density at radius 2 is 2.10 bits per heavy atom. The normalized spacial score (nSPS) is 11.4. The molecule has 0 unspecified atom stereocenters. The third-order valence-electron chi connectivity index (χ3n) is 1.01. The molecule has 0 aromatic heterocycles. The van der Waals surface area contributed by atoms with E-state index in [1.165, 1.54) is 0 Å². The predicted octanol–water partition coefficient (Wildman–Crippen LogP) is 1.23. The number of rotatable bonds is 4. The first-order valence-corrected chi connectivity index (χ1v) is 4.62. The van der Waals surface area contributed by atoms with Crippen molar-refractivity contribution in [1.29, 1.82) is 0 Å². The van der Waals surface area contributed by atoms with Gasteiger partial charge in [0.15, 0.2) is 0 Å². The lowest BCUT2D eigenvalue weighted by Gasteiger charge is -1.95. The highest BCUT2D eigenvalue weighted by Gasteiger charge is 2.02. The third kappa shape index (κ3) is 7.65. The SMILES string of the molecule is C=C(C)CCCS(=O)(=O)O. The standard InChI is InChI=1S/C6H12O3S/c1-6(2)4-3-5-10(7,8)9/h1,3-5H2,2H3,(H,7,8,9). The minimum atomic E-state index is -3.76. The molecule has 0 fully saturated rings. The zero-order valence-electron chi connectivity index (χ0n) is 6.00. The van der Waals surface area contributed by atoms with Crippen LogP contribution in [-0.2, 0) is 10.1 Å². The molecule has 0 rings (SSSR count). The van der Waals surface area contributed by atoms with Gasteiger partial charge >= 0.3 is 0 Å².